The zero-order valence-electron chi connectivity index (χ0n) is 12.0. The van der Waals surface area contributed by atoms with Gasteiger partial charge in [-0.3, -0.25) is 0 Å². The monoisotopic (exact) mass is 263 g/mol. The van der Waals surface area contributed by atoms with Gasteiger partial charge in [0.25, 0.3) is 0 Å². The molecule has 1 saturated carbocycles. The number of ether oxygens (including phenoxy) is 2. The number of rotatable bonds is 9. The minimum Gasteiger partial charge on any atom is -0.385 e. The van der Waals surface area contributed by atoms with E-state index in [2.05, 4.69) is 36.5 Å². The van der Waals surface area contributed by atoms with E-state index in [1.807, 2.05) is 0 Å². The molecule has 19 heavy (non-hydrogen) atoms. The van der Waals surface area contributed by atoms with Gasteiger partial charge in [0, 0.05) is 32.9 Å². The molecule has 1 aliphatic rings. The molecule has 2 rings (SSSR count). The molecule has 1 unspecified atom stereocenters. The quantitative estimate of drug-likeness (QED) is 0.695. The summed E-state index contributed by atoms with van der Waals surface area (Å²) in [4.78, 5) is 0. The van der Waals surface area contributed by atoms with Crippen LogP contribution in [0.5, 0.6) is 0 Å². The van der Waals surface area contributed by atoms with Crippen molar-refractivity contribution in [2.45, 2.75) is 38.3 Å². The summed E-state index contributed by atoms with van der Waals surface area (Å²) in [5.74, 6) is 0. The SMILES string of the molecule is COCCCOC(CNC1CC1)c1cccc(C)c1. The van der Waals surface area contributed by atoms with Gasteiger partial charge in [-0.05, 0) is 31.7 Å². The molecule has 3 nitrogen and oxygen atoms in total. The van der Waals surface area contributed by atoms with Gasteiger partial charge < -0.3 is 14.8 Å². The van der Waals surface area contributed by atoms with Crippen molar-refractivity contribution in [2.75, 3.05) is 26.9 Å². The van der Waals surface area contributed by atoms with Crippen molar-refractivity contribution in [1.82, 2.24) is 5.32 Å². The van der Waals surface area contributed by atoms with Gasteiger partial charge in [0.15, 0.2) is 0 Å². The number of benzene rings is 1. The maximum Gasteiger partial charge on any atom is 0.0949 e. The summed E-state index contributed by atoms with van der Waals surface area (Å²) in [5, 5.41) is 3.56. The van der Waals surface area contributed by atoms with E-state index < -0.39 is 0 Å². The van der Waals surface area contributed by atoms with Gasteiger partial charge in [0.05, 0.1) is 6.10 Å². The number of hydrogen-bond donors (Lipinski definition) is 1. The predicted molar refractivity (Wildman–Crippen MR) is 77.4 cm³/mol. The van der Waals surface area contributed by atoms with Crippen LogP contribution in [0.25, 0.3) is 0 Å². The van der Waals surface area contributed by atoms with E-state index in [4.69, 9.17) is 9.47 Å². The zero-order valence-corrected chi connectivity index (χ0v) is 12.0. The molecule has 0 heterocycles. The first kappa shape index (κ1) is 14.5. The smallest absolute Gasteiger partial charge is 0.0949 e. The highest BCUT2D eigenvalue weighted by Crippen LogP contribution is 2.22. The van der Waals surface area contributed by atoms with E-state index in [9.17, 15) is 0 Å². The van der Waals surface area contributed by atoms with Gasteiger partial charge in [-0.2, -0.15) is 0 Å². The Labute approximate surface area is 116 Å². The average Bonchev–Trinajstić information content (AvgIpc) is 3.22. The van der Waals surface area contributed by atoms with E-state index in [1.165, 1.54) is 24.0 Å². The summed E-state index contributed by atoms with van der Waals surface area (Å²) in [6.45, 7) is 4.54. The first-order chi connectivity index (χ1) is 9.29. The Morgan fingerprint density at radius 1 is 1.32 bits per heavy atom. The molecule has 0 saturated heterocycles. The molecule has 1 aliphatic carbocycles. The third kappa shape index (κ3) is 5.31. The van der Waals surface area contributed by atoms with Crippen molar-refractivity contribution in [1.29, 1.82) is 0 Å². The molecule has 1 aromatic rings. The van der Waals surface area contributed by atoms with E-state index in [0.717, 1.165) is 32.2 Å². The van der Waals surface area contributed by atoms with Crippen LogP contribution in [0.1, 0.15) is 36.5 Å². The maximum atomic E-state index is 6.02. The maximum absolute atomic E-state index is 6.02. The normalized spacial score (nSPS) is 16.5. The van der Waals surface area contributed by atoms with Crippen LogP contribution in [0.4, 0.5) is 0 Å². The average molecular weight is 263 g/mol. The first-order valence-electron chi connectivity index (χ1n) is 7.20. The summed E-state index contributed by atoms with van der Waals surface area (Å²) in [7, 11) is 1.73. The number of aryl methyl sites for hydroxylation is 1. The Kier molecular flexibility index (Phi) is 5.83. The van der Waals surface area contributed by atoms with Crippen molar-refractivity contribution >= 4 is 0 Å². The summed E-state index contributed by atoms with van der Waals surface area (Å²) in [5.41, 5.74) is 2.56. The van der Waals surface area contributed by atoms with Crippen LogP contribution in [0.2, 0.25) is 0 Å². The third-order valence-electron chi connectivity index (χ3n) is 3.40. The van der Waals surface area contributed by atoms with Crippen molar-refractivity contribution in [3.63, 3.8) is 0 Å². The van der Waals surface area contributed by atoms with Crippen LogP contribution < -0.4 is 5.32 Å². The highest BCUT2D eigenvalue weighted by atomic mass is 16.5. The number of methoxy groups -OCH3 is 1. The fraction of sp³-hybridized carbons (Fsp3) is 0.625. The molecule has 1 aromatic carbocycles. The van der Waals surface area contributed by atoms with Crippen LogP contribution in [-0.2, 0) is 9.47 Å². The molecule has 0 aromatic heterocycles. The largest absolute Gasteiger partial charge is 0.385 e. The highest BCUT2D eigenvalue weighted by Gasteiger charge is 2.22. The lowest BCUT2D eigenvalue weighted by Crippen LogP contribution is -2.25. The van der Waals surface area contributed by atoms with Crippen LogP contribution in [0.3, 0.4) is 0 Å². The number of nitrogens with one attached hydrogen (secondary N) is 1. The van der Waals surface area contributed by atoms with Crippen molar-refractivity contribution in [3.8, 4) is 0 Å². The summed E-state index contributed by atoms with van der Waals surface area (Å²) in [6.07, 6.45) is 3.72. The summed E-state index contributed by atoms with van der Waals surface area (Å²) in [6, 6.07) is 9.32. The molecule has 0 spiro atoms. The lowest BCUT2D eigenvalue weighted by molar-refractivity contribution is 0.0386. The summed E-state index contributed by atoms with van der Waals surface area (Å²) >= 11 is 0. The Balaban J connectivity index is 1.87. The van der Waals surface area contributed by atoms with Crippen LogP contribution in [-0.4, -0.2) is 32.9 Å². The van der Waals surface area contributed by atoms with Crippen LogP contribution in [0, 0.1) is 6.92 Å². The molecule has 0 amide bonds. The van der Waals surface area contributed by atoms with Crippen molar-refractivity contribution < 1.29 is 9.47 Å². The molecule has 3 heteroatoms. The van der Waals surface area contributed by atoms with E-state index in [0.29, 0.717) is 0 Å². The first-order valence-corrected chi connectivity index (χ1v) is 7.20. The molecule has 0 bridgehead atoms. The molecule has 1 atom stereocenters. The molecule has 0 radical (unpaired) electrons. The molecule has 106 valence electrons. The standard InChI is InChI=1S/C16H25NO2/c1-13-5-3-6-14(11-13)16(12-17-15-7-8-15)19-10-4-9-18-2/h3,5-6,11,15-17H,4,7-10,12H2,1-2H3. The van der Waals surface area contributed by atoms with Crippen LogP contribution in [0.15, 0.2) is 24.3 Å². The lowest BCUT2D eigenvalue weighted by atomic mass is 10.1. The molecular weight excluding hydrogens is 238 g/mol. The minimum atomic E-state index is 0.150. The van der Waals surface area contributed by atoms with E-state index in [-0.39, 0.29) is 6.10 Å². The third-order valence-corrected chi connectivity index (χ3v) is 3.40. The van der Waals surface area contributed by atoms with Gasteiger partial charge in [-0.1, -0.05) is 29.8 Å². The fourth-order valence-electron chi connectivity index (χ4n) is 2.13. The van der Waals surface area contributed by atoms with Gasteiger partial charge in [0.2, 0.25) is 0 Å². The van der Waals surface area contributed by atoms with Gasteiger partial charge in [-0.15, -0.1) is 0 Å². The molecular formula is C16H25NO2. The topological polar surface area (TPSA) is 30.5 Å². The molecule has 1 N–H and O–H groups in total. The Morgan fingerprint density at radius 2 is 2.16 bits per heavy atom. The van der Waals surface area contributed by atoms with Crippen molar-refractivity contribution in [2.24, 2.45) is 0 Å². The Bertz CT molecular complexity index is 377. The second-order valence-electron chi connectivity index (χ2n) is 5.30. The second kappa shape index (κ2) is 7.63. The highest BCUT2D eigenvalue weighted by molar-refractivity contribution is 5.24. The zero-order chi connectivity index (χ0) is 13.5. The Morgan fingerprint density at radius 3 is 2.84 bits per heavy atom. The minimum absolute atomic E-state index is 0.150. The van der Waals surface area contributed by atoms with E-state index in [1.54, 1.807) is 7.11 Å². The molecule has 0 aliphatic heterocycles. The lowest BCUT2D eigenvalue weighted by Gasteiger charge is -2.19. The van der Waals surface area contributed by atoms with Gasteiger partial charge in [0.1, 0.15) is 0 Å². The second-order valence-corrected chi connectivity index (χ2v) is 5.30. The molecule has 1 fully saturated rings. The van der Waals surface area contributed by atoms with Gasteiger partial charge in [-0.25, -0.2) is 0 Å². The fourth-order valence-corrected chi connectivity index (χ4v) is 2.13. The van der Waals surface area contributed by atoms with Crippen molar-refractivity contribution in [3.05, 3.63) is 35.4 Å². The van der Waals surface area contributed by atoms with Crippen LogP contribution >= 0.6 is 0 Å². The number of hydrogen-bond acceptors (Lipinski definition) is 3. The summed E-state index contributed by atoms with van der Waals surface area (Å²) < 4.78 is 11.1. The van der Waals surface area contributed by atoms with Gasteiger partial charge >= 0.3 is 0 Å². The Hall–Kier alpha value is -0.900. The van der Waals surface area contributed by atoms with E-state index >= 15 is 0 Å². The predicted octanol–water partition coefficient (Wildman–Crippen LogP) is 2.84.